The van der Waals surface area contributed by atoms with E-state index in [0.29, 0.717) is 0 Å². The van der Waals surface area contributed by atoms with Crippen LogP contribution in [0.5, 0.6) is 5.75 Å². The van der Waals surface area contributed by atoms with Gasteiger partial charge in [0.1, 0.15) is 5.75 Å². The molecule has 0 fully saturated rings. The number of benzene rings is 3. The molecular formula is C26H34O. The van der Waals surface area contributed by atoms with Crippen molar-refractivity contribution in [1.29, 1.82) is 0 Å². The third-order valence-electron chi connectivity index (χ3n) is 4.37. The Labute approximate surface area is 166 Å². The molecule has 0 amide bonds. The van der Waals surface area contributed by atoms with E-state index in [9.17, 15) is 0 Å². The van der Waals surface area contributed by atoms with Crippen molar-refractivity contribution in [3.63, 3.8) is 0 Å². The van der Waals surface area contributed by atoms with E-state index in [0.717, 1.165) is 5.75 Å². The minimum absolute atomic E-state index is 0.186. The average molecular weight is 363 g/mol. The predicted molar refractivity (Wildman–Crippen MR) is 119 cm³/mol. The molecule has 0 bridgehead atoms. The standard InChI is InChI=1S/C21H20O.C3H8.C2H6/c1-21(17-9-5-3-6-10-17,18-11-7-4-8-12-18)19-13-15-20(22-2)16-14-19;1-3-2;1-2/h3-16H,1-2H3;3H2,1-2H3;1-2H3. The minimum Gasteiger partial charge on any atom is -0.497 e. The smallest absolute Gasteiger partial charge is 0.118 e. The Morgan fingerprint density at radius 2 is 0.963 bits per heavy atom. The van der Waals surface area contributed by atoms with Gasteiger partial charge in [0.15, 0.2) is 0 Å². The van der Waals surface area contributed by atoms with Gasteiger partial charge in [-0.1, -0.05) is 107 Å². The zero-order valence-electron chi connectivity index (χ0n) is 17.7. The maximum Gasteiger partial charge on any atom is 0.118 e. The van der Waals surface area contributed by atoms with Crippen molar-refractivity contribution in [2.75, 3.05) is 7.11 Å². The molecule has 144 valence electrons. The lowest BCUT2D eigenvalue weighted by atomic mass is 9.71. The molecule has 3 rings (SSSR count). The molecule has 0 spiro atoms. The predicted octanol–water partition coefficient (Wildman–Crippen LogP) is 7.49. The molecule has 0 aliphatic rings. The van der Waals surface area contributed by atoms with E-state index < -0.39 is 0 Å². The summed E-state index contributed by atoms with van der Waals surface area (Å²) in [5.41, 5.74) is 3.64. The van der Waals surface area contributed by atoms with Gasteiger partial charge in [-0.05, 0) is 35.7 Å². The maximum absolute atomic E-state index is 5.29. The molecule has 0 N–H and O–H groups in total. The molecule has 0 saturated heterocycles. The first-order chi connectivity index (χ1) is 13.2. The second-order valence-electron chi connectivity index (χ2n) is 6.29. The highest BCUT2D eigenvalue weighted by Crippen LogP contribution is 2.39. The summed E-state index contributed by atoms with van der Waals surface area (Å²) in [5.74, 6) is 0.882. The molecule has 0 aliphatic carbocycles. The molecule has 0 aromatic heterocycles. The Bertz CT molecular complexity index is 691. The number of rotatable bonds is 4. The van der Waals surface area contributed by atoms with E-state index in [1.54, 1.807) is 7.11 Å². The van der Waals surface area contributed by atoms with E-state index in [1.807, 2.05) is 26.0 Å². The van der Waals surface area contributed by atoms with Crippen LogP contribution in [-0.4, -0.2) is 7.11 Å². The molecule has 1 heteroatoms. The van der Waals surface area contributed by atoms with Crippen LogP contribution in [0.25, 0.3) is 0 Å². The van der Waals surface area contributed by atoms with Gasteiger partial charge < -0.3 is 4.74 Å². The van der Waals surface area contributed by atoms with Crippen LogP contribution in [0.15, 0.2) is 84.9 Å². The Morgan fingerprint density at radius 1 is 0.630 bits per heavy atom. The number of methoxy groups -OCH3 is 1. The Morgan fingerprint density at radius 3 is 1.30 bits per heavy atom. The van der Waals surface area contributed by atoms with Gasteiger partial charge in [0.05, 0.1) is 7.11 Å². The van der Waals surface area contributed by atoms with E-state index >= 15 is 0 Å². The van der Waals surface area contributed by atoms with Gasteiger partial charge in [-0.15, -0.1) is 0 Å². The normalized spacial score (nSPS) is 10.0. The Kier molecular flexibility index (Phi) is 9.96. The van der Waals surface area contributed by atoms with Gasteiger partial charge in [-0.25, -0.2) is 0 Å². The van der Waals surface area contributed by atoms with Crippen LogP contribution in [0.4, 0.5) is 0 Å². The van der Waals surface area contributed by atoms with Crippen molar-refractivity contribution in [3.8, 4) is 5.75 Å². The molecule has 1 nitrogen and oxygen atoms in total. The summed E-state index contributed by atoms with van der Waals surface area (Å²) in [7, 11) is 1.70. The third-order valence-corrected chi connectivity index (χ3v) is 4.37. The fraction of sp³-hybridized carbons (Fsp3) is 0.308. The summed E-state index contributed by atoms with van der Waals surface area (Å²) in [6.07, 6.45) is 1.25. The Hall–Kier alpha value is -2.54. The van der Waals surface area contributed by atoms with Crippen LogP contribution in [0, 0.1) is 0 Å². The molecule has 0 heterocycles. The zero-order chi connectivity index (χ0) is 20.1. The third kappa shape index (κ3) is 5.72. The fourth-order valence-electron chi connectivity index (χ4n) is 2.97. The van der Waals surface area contributed by atoms with Crippen LogP contribution in [0.3, 0.4) is 0 Å². The van der Waals surface area contributed by atoms with Crippen LogP contribution in [0.1, 0.15) is 57.7 Å². The zero-order valence-corrected chi connectivity index (χ0v) is 17.7. The number of hydrogen-bond acceptors (Lipinski definition) is 1. The van der Waals surface area contributed by atoms with Gasteiger partial charge in [0, 0.05) is 5.41 Å². The monoisotopic (exact) mass is 362 g/mol. The van der Waals surface area contributed by atoms with E-state index in [4.69, 9.17) is 4.74 Å². The van der Waals surface area contributed by atoms with Crippen LogP contribution in [0.2, 0.25) is 0 Å². The van der Waals surface area contributed by atoms with Gasteiger partial charge in [-0.2, -0.15) is 0 Å². The number of ether oxygens (including phenoxy) is 1. The summed E-state index contributed by atoms with van der Waals surface area (Å²) in [4.78, 5) is 0. The van der Waals surface area contributed by atoms with Crippen molar-refractivity contribution in [3.05, 3.63) is 102 Å². The summed E-state index contributed by atoms with van der Waals surface area (Å²) in [5, 5.41) is 0. The van der Waals surface area contributed by atoms with E-state index in [1.165, 1.54) is 23.1 Å². The summed E-state index contributed by atoms with van der Waals surface area (Å²) in [6.45, 7) is 10.5. The van der Waals surface area contributed by atoms with E-state index in [-0.39, 0.29) is 5.41 Å². The van der Waals surface area contributed by atoms with Crippen molar-refractivity contribution in [1.82, 2.24) is 0 Å². The second kappa shape index (κ2) is 12.0. The lowest BCUT2D eigenvalue weighted by molar-refractivity contribution is 0.414. The maximum atomic E-state index is 5.29. The van der Waals surface area contributed by atoms with Crippen molar-refractivity contribution < 1.29 is 4.74 Å². The highest BCUT2D eigenvalue weighted by atomic mass is 16.5. The fourth-order valence-corrected chi connectivity index (χ4v) is 2.97. The first-order valence-electron chi connectivity index (χ1n) is 9.92. The first-order valence-corrected chi connectivity index (χ1v) is 9.92. The molecule has 27 heavy (non-hydrogen) atoms. The lowest BCUT2D eigenvalue weighted by Crippen LogP contribution is -2.25. The second-order valence-corrected chi connectivity index (χ2v) is 6.29. The van der Waals surface area contributed by atoms with Gasteiger partial charge >= 0.3 is 0 Å². The molecular weight excluding hydrogens is 328 g/mol. The molecule has 0 aliphatic heterocycles. The summed E-state index contributed by atoms with van der Waals surface area (Å²) >= 11 is 0. The lowest BCUT2D eigenvalue weighted by Gasteiger charge is -2.32. The largest absolute Gasteiger partial charge is 0.497 e. The minimum atomic E-state index is -0.186. The Balaban J connectivity index is 0.000000665. The average Bonchev–Trinajstić information content (AvgIpc) is 2.76. The van der Waals surface area contributed by atoms with Gasteiger partial charge in [0.25, 0.3) is 0 Å². The van der Waals surface area contributed by atoms with Crippen molar-refractivity contribution in [2.45, 2.75) is 46.5 Å². The topological polar surface area (TPSA) is 9.23 Å². The van der Waals surface area contributed by atoms with Crippen molar-refractivity contribution >= 4 is 0 Å². The quantitative estimate of drug-likeness (QED) is 0.437. The van der Waals surface area contributed by atoms with Gasteiger partial charge in [-0.3, -0.25) is 0 Å². The van der Waals surface area contributed by atoms with Gasteiger partial charge in [0.2, 0.25) is 0 Å². The highest BCUT2D eigenvalue weighted by Gasteiger charge is 2.30. The summed E-state index contributed by atoms with van der Waals surface area (Å²) in [6, 6.07) is 29.6. The molecule has 3 aromatic carbocycles. The van der Waals surface area contributed by atoms with Crippen LogP contribution in [-0.2, 0) is 5.41 Å². The first kappa shape index (κ1) is 22.5. The van der Waals surface area contributed by atoms with Crippen LogP contribution >= 0.6 is 0 Å². The van der Waals surface area contributed by atoms with Crippen LogP contribution < -0.4 is 4.74 Å². The summed E-state index contributed by atoms with van der Waals surface area (Å²) < 4.78 is 5.29. The molecule has 0 atom stereocenters. The SMILES string of the molecule is CC.CCC.COc1ccc(C(C)(c2ccccc2)c2ccccc2)cc1. The van der Waals surface area contributed by atoms with E-state index in [2.05, 4.69) is 93.6 Å². The highest BCUT2D eigenvalue weighted by molar-refractivity contribution is 5.50. The molecule has 0 radical (unpaired) electrons. The molecule has 3 aromatic rings. The number of hydrogen-bond donors (Lipinski definition) is 0. The molecule has 0 unspecified atom stereocenters. The van der Waals surface area contributed by atoms with Crippen molar-refractivity contribution in [2.24, 2.45) is 0 Å². The molecule has 0 saturated carbocycles.